The van der Waals surface area contributed by atoms with Gasteiger partial charge < -0.3 is 4.57 Å². The van der Waals surface area contributed by atoms with Crippen LogP contribution < -0.4 is 0 Å². The second-order valence-corrected chi connectivity index (χ2v) is 20.3. The van der Waals surface area contributed by atoms with Gasteiger partial charge in [-0.25, -0.2) is 4.98 Å². The van der Waals surface area contributed by atoms with Crippen molar-refractivity contribution in [1.29, 1.82) is 0 Å². The van der Waals surface area contributed by atoms with Crippen molar-refractivity contribution < 1.29 is 0 Å². The predicted octanol–water partition coefficient (Wildman–Crippen LogP) is 15.2. The number of hydrogen-bond acceptors (Lipinski definition) is 3. The first-order valence-electron chi connectivity index (χ1n) is 23.1. The fourth-order valence-electron chi connectivity index (χ4n) is 11.7. The van der Waals surface area contributed by atoms with E-state index in [0.29, 0.717) is 17.6 Å². The molecule has 3 aromatic heterocycles. The highest BCUT2D eigenvalue weighted by Crippen LogP contribution is 2.51. The summed E-state index contributed by atoms with van der Waals surface area (Å²) in [5, 5.41) is 7.03. The molecule has 0 amide bonds. The van der Waals surface area contributed by atoms with Gasteiger partial charge in [-0.15, -0.1) is 0 Å². The number of aromatic nitrogens is 5. The Morgan fingerprint density at radius 3 is 1.91 bits per heavy atom. The van der Waals surface area contributed by atoms with Crippen LogP contribution in [-0.2, 0) is 16.2 Å². The van der Waals surface area contributed by atoms with Gasteiger partial charge in [-0.2, -0.15) is 9.97 Å². The van der Waals surface area contributed by atoms with Gasteiger partial charge in [0.05, 0.1) is 22.1 Å². The lowest BCUT2D eigenvalue weighted by atomic mass is 9.63. The fourth-order valence-corrected chi connectivity index (χ4v) is 11.7. The van der Waals surface area contributed by atoms with Crippen molar-refractivity contribution in [3.8, 4) is 45.5 Å². The maximum Gasteiger partial charge on any atom is 0.238 e. The lowest BCUT2D eigenvalue weighted by molar-refractivity contribution is 0.332. The molecule has 0 unspecified atom stereocenters. The Hall–Kier alpha value is -7.37. The summed E-state index contributed by atoms with van der Waals surface area (Å²) in [6.45, 7) is 14.4. The normalized spacial score (nSPS) is 15.8. The van der Waals surface area contributed by atoms with Crippen LogP contribution in [-0.4, -0.2) is 24.1 Å². The van der Waals surface area contributed by atoms with E-state index in [9.17, 15) is 0 Å². The van der Waals surface area contributed by atoms with Crippen LogP contribution in [0.3, 0.4) is 0 Å². The Kier molecular flexibility index (Phi) is 7.82. The van der Waals surface area contributed by atoms with Gasteiger partial charge >= 0.3 is 0 Å². The SMILES string of the molecule is CC1(C)CCC(C)(C)c2cc3c(cc21)c1c(ccc2c4ccccc4n(-c4nc(-c5ccc6c(c5)C(C)(C)c5ccccc5-6)nc(-c5cccc6ccccc56)n4)c21)n3-c1ccccc1. The molecule has 5 nitrogen and oxygen atoms in total. The van der Waals surface area contributed by atoms with Crippen LogP contribution in [0.5, 0.6) is 0 Å². The first-order chi connectivity index (χ1) is 31.5. The van der Waals surface area contributed by atoms with E-state index in [1.54, 1.807) is 0 Å². The fraction of sp³-hybridized carbons (Fsp3) is 0.183. The molecule has 314 valence electrons. The molecule has 65 heavy (non-hydrogen) atoms. The molecule has 0 N–H and O–H groups in total. The minimum atomic E-state index is -0.176. The molecule has 0 atom stereocenters. The Bertz CT molecular complexity index is 3800. The molecule has 11 aromatic rings. The van der Waals surface area contributed by atoms with E-state index in [-0.39, 0.29) is 16.2 Å². The second kappa shape index (κ2) is 13.3. The lowest BCUT2D eigenvalue weighted by Gasteiger charge is -2.42. The van der Waals surface area contributed by atoms with Crippen molar-refractivity contribution in [2.45, 2.75) is 70.6 Å². The maximum atomic E-state index is 5.57. The number of nitrogens with zero attached hydrogens (tertiary/aromatic N) is 5. The van der Waals surface area contributed by atoms with Crippen molar-refractivity contribution in [2.24, 2.45) is 0 Å². The molecule has 0 spiro atoms. The quantitative estimate of drug-likeness (QED) is 0.177. The smallest absolute Gasteiger partial charge is 0.238 e. The summed E-state index contributed by atoms with van der Waals surface area (Å²) in [5.41, 5.74) is 15.6. The second-order valence-electron chi connectivity index (χ2n) is 20.3. The summed E-state index contributed by atoms with van der Waals surface area (Å²) in [4.78, 5) is 16.5. The van der Waals surface area contributed by atoms with Crippen LogP contribution in [0, 0.1) is 0 Å². The van der Waals surface area contributed by atoms with Crippen LogP contribution in [0.25, 0.3) is 99.9 Å². The number of fused-ring (bicyclic) bond motifs is 12. The van der Waals surface area contributed by atoms with Crippen molar-refractivity contribution in [3.05, 3.63) is 186 Å². The number of para-hydroxylation sites is 2. The predicted molar refractivity (Wildman–Crippen MR) is 270 cm³/mol. The Labute approximate surface area is 379 Å². The standard InChI is InChI=1S/C60H49N5/c1-58(2)31-32-59(3,4)49-35-52-45(34-48(49)58)53-51(64(52)38-19-8-7-9-20-38)30-29-43-42-23-13-15-26-50(42)65(54(43)53)57-62-55(61-56(63-57)44-24-16-18-36-17-10-11-21-39(36)44)37-27-28-41-40-22-12-14-25-46(40)60(5,6)47(41)33-37/h7-30,33-35H,31-32H2,1-6H3. The van der Waals surface area contributed by atoms with Crippen molar-refractivity contribution in [1.82, 2.24) is 24.1 Å². The van der Waals surface area contributed by atoms with Crippen molar-refractivity contribution in [3.63, 3.8) is 0 Å². The molecular formula is C60H49N5. The molecule has 0 saturated carbocycles. The molecule has 0 radical (unpaired) electrons. The molecule has 2 aliphatic carbocycles. The van der Waals surface area contributed by atoms with Crippen molar-refractivity contribution in [2.75, 3.05) is 0 Å². The topological polar surface area (TPSA) is 48.5 Å². The molecule has 0 aliphatic heterocycles. The van der Waals surface area contributed by atoms with E-state index in [4.69, 9.17) is 15.0 Å². The van der Waals surface area contributed by atoms with Gasteiger partial charge in [0.2, 0.25) is 5.95 Å². The first kappa shape index (κ1) is 38.1. The molecule has 13 rings (SSSR count). The average molecular weight is 840 g/mol. The zero-order valence-electron chi connectivity index (χ0n) is 37.7. The summed E-state index contributed by atoms with van der Waals surface area (Å²) in [7, 11) is 0. The molecular weight excluding hydrogens is 791 g/mol. The molecule has 0 bridgehead atoms. The highest BCUT2D eigenvalue weighted by molar-refractivity contribution is 6.26. The average Bonchev–Trinajstić information content (AvgIpc) is 3.92. The van der Waals surface area contributed by atoms with Crippen LogP contribution in [0.4, 0.5) is 0 Å². The zero-order valence-corrected chi connectivity index (χ0v) is 37.7. The van der Waals surface area contributed by atoms with E-state index in [2.05, 4.69) is 214 Å². The molecule has 3 heterocycles. The van der Waals surface area contributed by atoms with E-state index in [1.807, 2.05) is 0 Å². The van der Waals surface area contributed by atoms with Crippen LogP contribution in [0.15, 0.2) is 164 Å². The molecule has 2 aliphatic rings. The van der Waals surface area contributed by atoms with Crippen LogP contribution in [0.2, 0.25) is 0 Å². The van der Waals surface area contributed by atoms with Crippen LogP contribution >= 0.6 is 0 Å². The number of hydrogen-bond donors (Lipinski definition) is 0. The largest absolute Gasteiger partial charge is 0.309 e. The zero-order chi connectivity index (χ0) is 44.0. The third kappa shape index (κ3) is 5.42. The van der Waals surface area contributed by atoms with Gasteiger partial charge in [0.1, 0.15) is 0 Å². The summed E-state index contributed by atoms with van der Waals surface area (Å²) in [6, 6.07) is 59.9. The van der Waals surface area contributed by atoms with Crippen molar-refractivity contribution >= 4 is 54.4 Å². The van der Waals surface area contributed by atoms with Gasteiger partial charge in [0.25, 0.3) is 0 Å². The summed E-state index contributed by atoms with van der Waals surface area (Å²) in [5.74, 6) is 1.89. The van der Waals surface area contributed by atoms with E-state index < -0.39 is 0 Å². The van der Waals surface area contributed by atoms with E-state index in [0.717, 1.165) is 62.4 Å². The number of benzene rings is 8. The van der Waals surface area contributed by atoms with E-state index in [1.165, 1.54) is 55.1 Å². The Morgan fingerprint density at radius 1 is 0.415 bits per heavy atom. The van der Waals surface area contributed by atoms with Gasteiger partial charge in [0.15, 0.2) is 11.6 Å². The minimum Gasteiger partial charge on any atom is -0.309 e. The third-order valence-corrected chi connectivity index (χ3v) is 15.2. The van der Waals surface area contributed by atoms with Crippen LogP contribution in [0.1, 0.15) is 76.6 Å². The highest BCUT2D eigenvalue weighted by atomic mass is 15.2. The minimum absolute atomic E-state index is 0.0308. The summed E-state index contributed by atoms with van der Waals surface area (Å²) in [6.07, 6.45) is 2.29. The molecule has 8 aromatic carbocycles. The molecule has 0 fully saturated rings. The maximum absolute atomic E-state index is 5.57. The van der Waals surface area contributed by atoms with Gasteiger partial charge in [-0.05, 0) is 110 Å². The highest BCUT2D eigenvalue weighted by Gasteiger charge is 2.39. The summed E-state index contributed by atoms with van der Waals surface area (Å²) >= 11 is 0. The summed E-state index contributed by atoms with van der Waals surface area (Å²) < 4.78 is 4.82. The Morgan fingerprint density at radius 2 is 1.08 bits per heavy atom. The third-order valence-electron chi connectivity index (χ3n) is 15.2. The lowest BCUT2D eigenvalue weighted by Crippen LogP contribution is -2.33. The van der Waals surface area contributed by atoms with Gasteiger partial charge in [-0.1, -0.05) is 163 Å². The van der Waals surface area contributed by atoms with Gasteiger partial charge in [0, 0.05) is 43.8 Å². The monoisotopic (exact) mass is 839 g/mol. The Balaban J connectivity index is 1.16. The van der Waals surface area contributed by atoms with Gasteiger partial charge in [-0.3, -0.25) is 4.57 Å². The molecule has 5 heteroatoms. The number of rotatable bonds is 4. The van der Waals surface area contributed by atoms with E-state index >= 15 is 0 Å². The molecule has 0 saturated heterocycles. The first-order valence-corrected chi connectivity index (χ1v) is 23.1.